The van der Waals surface area contributed by atoms with Crippen molar-refractivity contribution in [2.45, 2.75) is 51.0 Å². The van der Waals surface area contributed by atoms with E-state index in [0.717, 1.165) is 22.4 Å². The van der Waals surface area contributed by atoms with Crippen LogP contribution in [0.15, 0.2) is 47.4 Å². The Balaban J connectivity index is 1.53. The molecule has 0 aromatic heterocycles. The van der Waals surface area contributed by atoms with Crippen molar-refractivity contribution in [1.82, 2.24) is 9.62 Å². The van der Waals surface area contributed by atoms with Crippen LogP contribution < -0.4 is 10.1 Å². The number of rotatable bonds is 7. The van der Waals surface area contributed by atoms with E-state index in [9.17, 15) is 13.2 Å². The molecule has 7 heteroatoms. The summed E-state index contributed by atoms with van der Waals surface area (Å²) < 4.78 is 33.0. The normalized spacial score (nSPS) is 15.7. The van der Waals surface area contributed by atoms with Crippen molar-refractivity contribution in [1.29, 1.82) is 0 Å². The van der Waals surface area contributed by atoms with Gasteiger partial charge in [0.15, 0.2) is 0 Å². The second-order valence-corrected chi connectivity index (χ2v) is 9.67. The summed E-state index contributed by atoms with van der Waals surface area (Å²) in [6, 6.07) is 13.0. The van der Waals surface area contributed by atoms with Gasteiger partial charge in [-0.05, 0) is 68.5 Å². The van der Waals surface area contributed by atoms with Gasteiger partial charge >= 0.3 is 0 Å². The summed E-state index contributed by atoms with van der Waals surface area (Å²) in [5.74, 6) is 0.745. The minimum absolute atomic E-state index is 0.00902. The van der Waals surface area contributed by atoms with Gasteiger partial charge in [0.25, 0.3) is 0 Å². The van der Waals surface area contributed by atoms with E-state index in [-0.39, 0.29) is 11.9 Å². The Bertz CT molecular complexity index is 979. The first kappa shape index (κ1) is 22.3. The predicted molar refractivity (Wildman–Crippen MR) is 117 cm³/mol. The minimum atomic E-state index is -3.52. The number of ether oxygens (including phenoxy) is 1. The van der Waals surface area contributed by atoms with Crippen LogP contribution in [0.4, 0.5) is 0 Å². The Hall–Kier alpha value is -2.38. The molecular weight excluding hydrogens is 400 g/mol. The highest BCUT2D eigenvalue weighted by molar-refractivity contribution is 7.89. The Labute approximate surface area is 179 Å². The number of amides is 1. The van der Waals surface area contributed by atoms with Crippen LogP contribution >= 0.6 is 0 Å². The Morgan fingerprint density at radius 1 is 1.10 bits per heavy atom. The zero-order chi connectivity index (χ0) is 21.7. The van der Waals surface area contributed by atoms with Crippen LogP contribution in [0.2, 0.25) is 0 Å². The van der Waals surface area contributed by atoms with Gasteiger partial charge in [0.05, 0.1) is 17.9 Å². The predicted octanol–water partition coefficient (Wildman–Crippen LogP) is 3.21. The van der Waals surface area contributed by atoms with Crippen molar-refractivity contribution in [3.05, 3.63) is 59.2 Å². The van der Waals surface area contributed by atoms with Crippen LogP contribution in [0.25, 0.3) is 0 Å². The molecule has 1 fully saturated rings. The molecule has 0 saturated carbocycles. The van der Waals surface area contributed by atoms with Crippen molar-refractivity contribution >= 4 is 15.9 Å². The molecule has 6 nitrogen and oxygen atoms in total. The third-order valence-corrected chi connectivity index (χ3v) is 7.42. The second-order valence-electron chi connectivity index (χ2n) is 7.77. The number of aryl methyl sites for hydroxylation is 2. The lowest BCUT2D eigenvalue weighted by Gasteiger charge is -2.32. The molecule has 2 aromatic rings. The Morgan fingerprint density at radius 3 is 2.40 bits per heavy atom. The standard InChI is InChI=1S/C23H30N2O4S/c1-4-29-21-9-7-19(8-10-21)16-23(26)24-20-11-13-25(14-12-20)30(27,28)22-15-17(2)5-6-18(22)3/h5-10,15,20H,4,11-14,16H2,1-3H3,(H,24,26). The first-order valence-electron chi connectivity index (χ1n) is 10.4. The summed E-state index contributed by atoms with van der Waals surface area (Å²) in [6.07, 6.45) is 1.52. The quantitative estimate of drug-likeness (QED) is 0.732. The van der Waals surface area contributed by atoms with Gasteiger partial charge in [-0.2, -0.15) is 4.31 Å². The monoisotopic (exact) mass is 430 g/mol. The van der Waals surface area contributed by atoms with E-state index in [0.29, 0.717) is 43.9 Å². The molecule has 1 N–H and O–H groups in total. The van der Waals surface area contributed by atoms with Crippen molar-refractivity contribution in [3.8, 4) is 5.75 Å². The first-order chi connectivity index (χ1) is 14.3. The van der Waals surface area contributed by atoms with Crippen molar-refractivity contribution < 1.29 is 17.9 Å². The molecule has 1 heterocycles. The number of nitrogens with zero attached hydrogens (tertiary/aromatic N) is 1. The van der Waals surface area contributed by atoms with Crippen LogP contribution in [-0.2, 0) is 21.2 Å². The van der Waals surface area contributed by atoms with Gasteiger partial charge in [0, 0.05) is 19.1 Å². The van der Waals surface area contributed by atoms with Crippen LogP contribution in [0.1, 0.15) is 36.5 Å². The maximum atomic E-state index is 13.0. The second kappa shape index (κ2) is 9.62. The Morgan fingerprint density at radius 2 is 1.77 bits per heavy atom. The molecule has 0 unspecified atom stereocenters. The Kier molecular flexibility index (Phi) is 7.15. The number of carbonyl (C=O) groups excluding carboxylic acids is 1. The van der Waals surface area contributed by atoms with E-state index in [1.807, 2.05) is 57.2 Å². The fourth-order valence-electron chi connectivity index (χ4n) is 3.70. The van der Waals surface area contributed by atoms with Gasteiger partial charge in [-0.1, -0.05) is 24.3 Å². The number of nitrogens with one attached hydrogen (secondary N) is 1. The molecule has 162 valence electrons. The molecule has 0 aliphatic carbocycles. The van der Waals surface area contributed by atoms with Crippen molar-refractivity contribution in [3.63, 3.8) is 0 Å². The molecule has 1 amide bonds. The molecule has 1 saturated heterocycles. The maximum absolute atomic E-state index is 13.0. The minimum Gasteiger partial charge on any atom is -0.494 e. The van der Waals surface area contributed by atoms with Crippen molar-refractivity contribution in [2.24, 2.45) is 0 Å². The summed E-state index contributed by atoms with van der Waals surface area (Å²) >= 11 is 0. The maximum Gasteiger partial charge on any atom is 0.243 e. The fraction of sp³-hybridized carbons (Fsp3) is 0.435. The van der Waals surface area contributed by atoms with Gasteiger partial charge in [-0.3, -0.25) is 4.79 Å². The van der Waals surface area contributed by atoms with Crippen LogP contribution in [-0.4, -0.2) is 44.4 Å². The molecule has 3 rings (SSSR count). The highest BCUT2D eigenvalue weighted by atomic mass is 32.2. The number of piperidine rings is 1. The molecule has 0 bridgehead atoms. The van der Waals surface area contributed by atoms with Gasteiger partial charge < -0.3 is 10.1 Å². The van der Waals surface area contributed by atoms with Crippen LogP contribution in [0, 0.1) is 13.8 Å². The molecular formula is C23H30N2O4S. The molecule has 0 atom stereocenters. The van der Waals surface area contributed by atoms with E-state index in [1.54, 1.807) is 6.07 Å². The summed E-state index contributed by atoms with van der Waals surface area (Å²) in [4.78, 5) is 12.8. The first-order valence-corrected chi connectivity index (χ1v) is 11.8. The topological polar surface area (TPSA) is 75.7 Å². The highest BCUT2D eigenvalue weighted by Gasteiger charge is 2.30. The summed E-state index contributed by atoms with van der Waals surface area (Å²) in [7, 11) is -3.52. The van der Waals surface area contributed by atoms with Gasteiger partial charge in [-0.25, -0.2) is 8.42 Å². The van der Waals surface area contributed by atoms with Crippen molar-refractivity contribution in [2.75, 3.05) is 19.7 Å². The number of hydrogen-bond donors (Lipinski definition) is 1. The average molecular weight is 431 g/mol. The third-order valence-electron chi connectivity index (χ3n) is 5.38. The lowest BCUT2D eigenvalue weighted by Crippen LogP contribution is -2.46. The van der Waals surface area contributed by atoms with Crippen LogP contribution in [0.3, 0.4) is 0 Å². The summed E-state index contributed by atoms with van der Waals surface area (Å²) in [6.45, 7) is 7.07. The molecule has 0 radical (unpaired) electrons. The van der Waals surface area contributed by atoms with E-state index >= 15 is 0 Å². The molecule has 1 aliphatic heterocycles. The highest BCUT2D eigenvalue weighted by Crippen LogP contribution is 2.24. The average Bonchev–Trinajstić information content (AvgIpc) is 2.72. The third kappa shape index (κ3) is 5.40. The number of benzene rings is 2. The fourth-order valence-corrected chi connectivity index (χ4v) is 5.48. The van der Waals surface area contributed by atoms with E-state index in [1.165, 1.54) is 4.31 Å². The molecule has 2 aromatic carbocycles. The van der Waals surface area contributed by atoms with E-state index in [2.05, 4.69) is 5.32 Å². The SMILES string of the molecule is CCOc1ccc(CC(=O)NC2CCN(S(=O)(=O)c3cc(C)ccc3C)CC2)cc1. The lowest BCUT2D eigenvalue weighted by atomic mass is 10.1. The van der Waals surface area contributed by atoms with E-state index < -0.39 is 10.0 Å². The summed E-state index contributed by atoms with van der Waals surface area (Å²) in [5, 5.41) is 3.05. The van der Waals surface area contributed by atoms with Gasteiger partial charge in [0.2, 0.25) is 15.9 Å². The largest absolute Gasteiger partial charge is 0.494 e. The molecule has 1 aliphatic rings. The van der Waals surface area contributed by atoms with E-state index in [4.69, 9.17) is 4.74 Å². The van der Waals surface area contributed by atoms with Gasteiger partial charge in [0.1, 0.15) is 5.75 Å². The van der Waals surface area contributed by atoms with Crippen LogP contribution in [0.5, 0.6) is 5.75 Å². The number of carbonyl (C=O) groups is 1. The smallest absolute Gasteiger partial charge is 0.243 e. The lowest BCUT2D eigenvalue weighted by molar-refractivity contribution is -0.121. The number of hydrogen-bond acceptors (Lipinski definition) is 4. The molecule has 30 heavy (non-hydrogen) atoms. The van der Waals surface area contributed by atoms with Gasteiger partial charge in [-0.15, -0.1) is 0 Å². The molecule has 0 spiro atoms. The zero-order valence-electron chi connectivity index (χ0n) is 17.8. The number of sulfonamides is 1. The summed E-state index contributed by atoms with van der Waals surface area (Å²) in [5.41, 5.74) is 2.60. The zero-order valence-corrected chi connectivity index (χ0v) is 18.7.